The minimum absolute atomic E-state index is 0.0526. The molecule has 8 nitrogen and oxygen atoms in total. The molecule has 0 heterocycles. The van der Waals surface area contributed by atoms with Crippen molar-refractivity contribution >= 4 is 13.7 Å². The van der Waals surface area contributed by atoms with E-state index < -0.39 is 20.0 Å². The Hall–Kier alpha value is -1.28. The number of carbonyl (C=O) groups excluding carboxylic acids is 1. The first-order valence-corrected chi connectivity index (χ1v) is 16.9. The van der Waals surface area contributed by atoms with Gasteiger partial charge in [-0.3, -0.25) is 13.8 Å². The molecular formula is C31H60N2O6P+. The van der Waals surface area contributed by atoms with E-state index in [1.165, 1.54) is 32.1 Å². The third-order valence-electron chi connectivity index (χ3n) is 6.34. The third-order valence-corrected chi connectivity index (χ3v) is 7.32. The molecule has 9 heteroatoms. The minimum Gasteiger partial charge on any atom is -0.387 e. The Kier molecular flexibility index (Phi) is 23.6. The zero-order valence-corrected chi connectivity index (χ0v) is 27.0. The Morgan fingerprint density at radius 3 is 1.95 bits per heavy atom. The molecule has 0 saturated carbocycles. The summed E-state index contributed by atoms with van der Waals surface area (Å²) in [5.41, 5.74) is 0. The normalized spacial score (nSPS) is 15.7. The van der Waals surface area contributed by atoms with Crippen LogP contribution < -0.4 is 5.32 Å². The Balaban J connectivity index is 4.65. The lowest BCUT2D eigenvalue weighted by atomic mass is 10.1. The Morgan fingerprint density at radius 2 is 1.38 bits per heavy atom. The molecule has 0 aliphatic rings. The topological polar surface area (TPSA) is 105 Å². The van der Waals surface area contributed by atoms with E-state index in [4.69, 9.17) is 9.05 Å². The van der Waals surface area contributed by atoms with E-state index in [1.807, 2.05) is 27.2 Å². The standard InChI is InChI=1S/C31H59N2O6P/c1-6-8-10-12-13-14-15-16-17-18-19-20-21-22-24-30(34)29(32-31(35)25-23-11-9-7-2)28-39-40(36,37)38-27-26-33(3,4)5/h14-15,18-19,22,24,29-30,34H,6-13,16-17,20-21,23,25-28H2,1-5H3,(H-,32,35,36,37)/p+1/b15-14+,19-18+,24-22+. The molecule has 40 heavy (non-hydrogen) atoms. The quantitative estimate of drug-likeness (QED) is 0.0443. The number of rotatable bonds is 26. The van der Waals surface area contributed by atoms with Gasteiger partial charge >= 0.3 is 7.82 Å². The Bertz CT molecular complexity index is 763. The van der Waals surface area contributed by atoms with Crippen molar-refractivity contribution in [1.82, 2.24) is 5.32 Å². The average Bonchev–Trinajstić information content (AvgIpc) is 2.88. The first kappa shape index (κ1) is 38.7. The summed E-state index contributed by atoms with van der Waals surface area (Å²) in [7, 11) is 1.53. The zero-order chi connectivity index (χ0) is 30.1. The number of hydrogen-bond acceptors (Lipinski definition) is 5. The van der Waals surface area contributed by atoms with Crippen LogP contribution in [0.4, 0.5) is 0 Å². The first-order valence-electron chi connectivity index (χ1n) is 15.4. The molecule has 3 unspecified atom stereocenters. The number of allylic oxidation sites excluding steroid dienone is 5. The fraction of sp³-hybridized carbons (Fsp3) is 0.774. The fourth-order valence-electron chi connectivity index (χ4n) is 3.77. The summed E-state index contributed by atoms with van der Waals surface area (Å²) in [4.78, 5) is 22.5. The second kappa shape index (κ2) is 24.3. The van der Waals surface area contributed by atoms with Crippen LogP contribution in [0.15, 0.2) is 36.5 Å². The number of likely N-dealkylation sites (N-methyl/N-ethyl adjacent to an activating group) is 1. The number of nitrogens with zero attached hydrogens (tertiary/aromatic N) is 1. The Labute approximate surface area is 245 Å². The highest BCUT2D eigenvalue weighted by Gasteiger charge is 2.27. The van der Waals surface area contributed by atoms with E-state index >= 15 is 0 Å². The van der Waals surface area contributed by atoms with Crippen LogP contribution in [0.25, 0.3) is 0 Å². The molecule has 0 saturated heterocycles. The molecule has 0 aromatic heterocycles. The second-order valence-electron chi connectivity index (χ2n) is 11.5. The largest absolute Gasteiger partial charge is 0.472 e. The number of hydrogen-bond donors (Lipinski definition) is 3. The van der Waals surface area contributed by atoms with Crippen molar-refractivity contribution in [3.05, 3.63) is 36.5 Å². The molecule has 0 aliphatic carbocycles. The average molecular weight is 588 g/mol. The summed E-state index contributed by atoms with van der Waals surface area (Å²) in [6.45, 7) is 4.58. The van der Waals surface area contributed by atoms with Crippen molar-refractivity contribution in [2.24, 2.45) is 0 Å². The maximum absolute atomic E-state index is 12.4. The van der Waals surface area contributed by atoms with Crippen molar-refractivity contribution in [1.29, 1.82) is 0 Å². The smallest absolute Gasteiger partial charge is 0.387 e. The van der Waals surface area contributed by atoms with E-state index in [9.17, 15) is 19.4 Å². The molecular weight excluding hydrogens is 527 g/mol. The van der Waals surface area contributed by atoms with E-state index in [0.717, 1.165) is 51.4 Å². The highest BCUT2D eigenvalue weighted by molar-refractivity contribution is 7.47. The van der Waals surface area contributed by atoms with Gasteiger partial charge in [-0.1, -0.05) is 88.8 Å². The maximum Gasteiger partial charge on any atom is 0.472 e. The number of carbonyl (C=O) groups is 1. The highest BCUT2D eigenvalue weighted by atomic mass is 31.2. The SMILES string of the molecule is CCCCCC/C=C/CC/C=C/CC/C=C/C(O)C(COP(=O)(O)OCC[N+](C)(C)C)NC(=O)CCCCCC. The van der Waals surface area contributed by atoms with Gasteiger partial charge in [0.25, 0.3) is 0 Å². The van der Waals surface area contributed by atoms with Crippen LogP contribution in [0.1, 0.15) is 104 Å². The molecule has 0 aromatic carbocycles. The van der Waals surface area contributed by atoms with Crippen LogP contribution in [-0.2, 0) is 18.4 Å². The van der Waals surface area contributed by atoms with Crippen LogP contribution in [-0.4, -0.2) is 73.4 Å². The molecule has 0 bridgehead atoms. The van der Waals surface area contributed by atoms with Crippen molar-refractivity contribution in [3.8, 4) is 0 Å². The summed E-state index contributed by atoms with van der Waals surface area (Å²) in [5.74, 6) is -0.214. The number of amides is 1. The van der Waals surface area contributed by atoms with Crippen LogP contribution in [0.5, 0.6) is 0 Å². The van der Waals surface area contributed by atoms with Crippen molar-refractivity contribution in [2.75, 3.05) is 40.9 Å². The predicted molar refractivity (Wildman–Crippen MR) is 166 cm³/mol. The lowest BCUT2D eigenvalue weighted by Gasteiger charge is -2.25. The van der Waals surface area contributed by atoms with Gasteiger partial charge in [0.05, 0.1) is 39.9 Å². The molecule has 0 radical (unpaired) electrons. The van der Waals surface area contributed by atoms with Crippen LogP contribution in [0, 0.1) is 0 Å². The van der Waals surface area contributed by atoms with E-state index in [1.54, 1.807) is 6.08 Å². The number of aliphatic hydroxyl groups is 1. The molecule has 0 rings (SSSR count). The summed E-state index contributed by atoms with van der Waals surface area (Å²) in [6.07, 6.45) is 25.5. The summed E-state index contributed by atoms with van der Waals surface area (Å²) >= 11 is 0. The van der Waals surface area contributed by atoms with Crippen LogP contribution in [0.2, 0.25) is 0 Å². The van der Waals surface area contributed by atoms with Gasteiger partial charge in [-0.2, -0.15) is 0 Å². The predicted octanol–water partition coefficient (Wildman–Crippen LogP) is 6.84. The minimum atomic E-state index is -4.32. The molecule has 1 amide bonds. The lowest BCUT2D eigenvalue weighted by Crippen LogP contribution is -2.45. The van der Waals surface area contributed by atoms with Gasteiger partial charge < -0.3 is 19.8 Å². The number of nitrogens with one attached hydrogen (secondary N) is 1. The summed E-state index contributed by atoms with van der Waals surface area (Å²) in [6, 6.07) is -0.860. The van der Waals surface area contributed by atoms with Crippen molar-refractivity contribution in [3.63, 3.8) is 0 Å². The number of unbranched alkanes of at least 4 members (excludes halogenated alkanes) is 9. The number of phosphoric ester groups is 1. The molecule has 0 spiro atoms. The monoisotopic (exact) mass is 587 g/mol. The van der Waals surface area contributed by atoms with Crippen molar-refractivity contribution in [2.45, 2.75) is 116 Å². The molecule has 3 atom stereocenters. The van der Waals surface area contributed by atoms with Crippen molar-refractivity contribution < 1.29 is 32.9 Å². The number of aliphatic hydroxyl groups excluding tert-OH is 1. The van der Waals surface area contributed by atoms with Gasteiger partial charge in [0.15, 0.2) is 0 Å². The Morgan fingerprint density at radius 1 is 0.825 bits per heavy atom. The summed E-state index contributed by atoms with van der Waals surface area (Å²) < 4.78 is 23.1. The third kappa shape index (κ3) is 25.7. The zero-order valence-electron chi connectivity index (χ0n) is 26.1. The van der Waals surface area contributed by atoms with Gasteiger partial charge in [0.2, 0.25) is 5.91 Å². The molecule has 0 aliphatic heterocycles. The van der Waals surface area contributed by atoms with Gasteiger partial charge in [-0.15, -0.1) is 0 Å². The maximum atomic E-state index is 12.4. The number of quaternary nitrogens is 1. The van der Waals surface area contributed by atoms with Gasteiger partial charge in [0, 0.05) is 6.42 Å². The van der Waals surface area contributed by atoms with Crippen LogP contribution >= 0.6 is 7.82 Å². The van der Waals surface area contributed by atoms with E-state index in [2.05, 4.69) is 43.5 Å². The molecule has 0 aromatic rings. The first-order chi connectivity index (χ1) is 19.0. The summed E-state index contributed by atoms with van der Waals surface area (Å²) in [5, 5.41) is 13.5. The highest BCUT2D eigenvalue weighted by Crippen LogP contribution is 2.43. The molecule has 234 valence electrons. The van der Waals surface area contributed by atoms with E-state index in [0.29, 0.717) is 17.4 Å². The molecule has 3 N–H and O–H groups in total. The second-order valence-corrected chi connectivity index (χ2v) is 12.9. The van der Waals surface area contributed by atoms with Gasteiger partial charge in [-0.05, 0) is 44.9 Å². The molecule has 0 fully saturated rings. The van der Waals surface area contributed by atoms with Gasteiger partial charge in [0.1, 0.15) is 13.2 Å². The van der Waals surface area contributed by atoms with Gasteiger partial charge in [-0.25, -0.2) is 4.57 Å². The van der Waals surface area contributed by atoms with Crippen LogP contribution in [0.3, 0.4) is 0 Å². The number of phosphoric acid groups is 1. The van der Waals surface area contributed by atoms with E-state index in [-0.39, 0.29) is 19.1 Å². The fourth-order valence-corrected chi connectivity index (χ4v) is 4.51. The lowest BCUT2D eigenvalue weighted by molar-refractivity contribution is -0.870.